The number of benzene rings is 1. The van der Waals surface area contributed by atoms with Gasteiger partial charge in [-0.05, 0) is 43.7 Å². The van der Waals surface area contributed by atoms with Gasteiger partial charge in [0.1, 0.15) is 0 Å². The van der Waals surface area contributed by atoms with E-state index in [4.69, 9.17) is 4.74 Å². The Kier molecular flexibility index (Phi) is 4.71. The molecule has 4 rings (SSSR count). The van der Waals surface area contributed by atoms with Crippen LogP contribution in [0.4, 0.5) is 18.3 Å². The number of thiazole rings is 1. The van der Waals surface area contributed by atoms with Crippen molar-refractivity contribution >= 4 is 22.4 Å². The molecule has 0 spiro atoms. The van der Waals surface area contributed by atoms with Crippen LogP contribution in [0.15, 0.2) is 24.3 Å². The number of aryl methyl sites for hydroxylation is 2. The topological polar surface area (TPSA) is 51.2 Å². The molecule has 0 radical (unpaired) electrons. The van der Waals surface area contributed by atoms with Crippen LogP contribution in [-0.2, 0) is 34.0 Å². The Balaban J connectivity index is 1.66. The van der Waals surface area contributed by atoms with Gasteiger partial charge in [-0.25, -0.2) is 4.98 Å². The molecule has 2 aliphatic rings. The molecule has 1 aromatic carbocycles. The fourth-order valence-electron chi connectivity index (χ4n) is 3.82. The first kappa shape index (κ1) is 18.4. The minimum Gasteiger partial charge on any atom is -0.381 e. The minimum atomic E-state index is -4.45. The van der Waals surface area contributed by atoms with Crippen molar-refractivity contribution in [3.8, 4) is 0 Å². The second-order valence-electron chi connectivity index (χ2n) is 6.97. The molecule has 4 nitrogen and oxygen atoms in total. The number of rotatable bonds is 3. The van der Waals surface area contributed by atoms with Crippen molar-refractivity contribution in [3.05, 3.63) is 46.0 Å². The third-order valence-electron chi connectivity index (χ3n) is 5.34. The predicted octanol–water partition coefficient (Wildman–Crippen LogP) is 4.34. The largest absolute Gasteiger partial charge is 0.416 e. The van der Waals surface area contributed by atoms with Gasteiger partial charge in [-0.2, -0.15) is 13.2 Å². The lowest BCUT2D eigenvalue weighted by Gasteiger charge is -2.36. The molecule has 144 valence electrons. The first-order valence-corrected chi connectivity index (χ1v) is 9.76. The Bertz CT molecular complexity index is 835. The van der Waals surface area contributed by atoms with Gasteiger partial charge in [-0.1, -0.05) is 18.2 Å². The first-order chi connectivity index (χ1) is 12.9. The molecular formula is C19H19F3N2O2S. The standard InChI is InChI=1S/C19H19F3N2O2S/c20-19(21,22)13-4-1-3-12(11-13)18(7-9-26-10-8-18)16(25)24-17-23-14-5-2-6-15(14)27-17/h1,3-4,11H,2,5-10H2,(H,23,24,25). The number of nitrogens with zero attached hydrogens (tertiary/aromatic N) is 1. The van der Waals surface area contributed by atoms with Crippen LogP contribution in [-0.4, -0.2) is 24.1 Å². The lowest BCUT2D eigenvalue weighted by Crippen LogP contribution is -2.45. The zero-order valence-corrected chi connectivity index (χ0v) is 15.4. The van der Waals surface area contributed by atoms with Gasteiger partial charge in [0.15, 0.2) is 5.13 Å². The minimum absolute atomic E-state index is 0.308. The van der Waals surface area contributed by atoms with Gasteiger partial charge >= 0.3 is 6.18 Å². The molecule has 0 unspecified atom stereocenters. The van der Waals surface area contributed by atoms with Crippen LogP contribution in [0.5, 0.6) is 0 Å². The summed E-state index contributed by atoms with van der Waals surface area (Å²) in [6, 6.07) is 5.08. The first-order valence-electron chi connectivity index (χ1n) is 8.94. The number of anilines is 1. The number of nitrogens with one attached hydrogen (secondary N) is 1. The summed E-state index contributed by atoms with van der Waals surface area (Å²) in [5, 5.41) is 3.40. The Morgan fingerprint density at radius 3 is 2.70 bits per heavy atom. The highest BCUT2D eigenvalue weighted by Gasteiger charge is 2.43. The summed E-state index contributed by atoms with van der Waals surface area (Å²) in [5.41, 5.74) is -0.389. The third kappa shape index (κ3) is 3.48. The van der Waals surface area contributed by atoms with Crippen LogP contribution in [0.1, 0.15) is 41.0 Å². The average molecular weight is 396 g/mol. The van der Waals surface area contributed by atoms with Crippen LogP contribution in [0, 0.1) is 0 Å². The van der Waals surface area contributed by atoms with Gasteiger partial charge in [-0.15, -0.1) is 11.3 Å². The Labute approximate surface area is 158 Å². The van der Waals surface area contributed by atoms with Crippen LogP contribution in [0.25, 0.3) is 0 Å². The molecule has 1 amide bonds. The molecule has 1 N–H and O–H groups in total. The van der Waals surface area contributed by atoms with Crippen LogP contribution in [0.2, 0.25) is 0 Å². The van der Waals surface area contributed by atoms with E-state index in [1.807, 2.05) is 0 Å². The number of carbonyl (C=O) groups excluding carboxylic acids is 1. The molecule has 1 fully saturated rings. The van der Waals surface area contributed by atoms with Gasteiger partial charge < -0.3 is 10.1 Å². The van der Waals surface area contributed by atoms with E-state index < -0.39 is 17.2 Å². The zero-order valence-electron chi connectivity index (χ0n) is 14.6. The fraction of sp³-hybridized carbons (Fsp3) is 0.474. The van der Waals surface area contributed by atoms with Gasteiger partial charge in [0.25, 0.3) is 0 Å². The van der Waals surface area contributed by atoms with E-state index in [9.17, 15) is 18.0 Å². The second-order valence-corrected chi connectivity index (χ2v) is 8.05. The summed E-state index contributed by atoms with van der Waals surface area (Å²) in [5.74, 6) is -0.308. The maximum Gasteiger partial charge on any atom is 0.416 e. The van der Waals surface area contributed by atoms with Gasteiger partial charge in [0.2, 0.25) is 5.91 Å². The molecule has 1 aliphatic carbocycles. The summed E-state index contributed by atoms with van der Waals surface area (Å²) in [4.78, 5) is 18.9. The fourth-order valence-corrected chi connectivity index (χ4v) is 4.87. The molecule has 2 heterocycles. The highest BCUT2D eigenvalue weighted by atomic mass is 32.1. The molecular weight excluding hydrogens is 377 g/mol. The molecule has 8 heteroatoms. The smallest absolute Gasteiger partial charge is 0.381 e. The number of hydrogen-bond donors (Lipinski definition) is 1. The Hall–Kier alpha value is -1.93. The molecule has 27 heavy (non-hydrogen) atoms. The highest BCUT2D eigenvalue weighted by Crippen LogP contribution is 2.40. The Morgan fingerprint density at radius 2 is 2.00 bits per heavy atom. The number of halogens is 3. The van der Waals surface area contributed by atoms with E-state index >= 15 is 0 Å². The van der Waals surface area contributed by atoms with Gasteiger partial charge in [-0.3, -0.25) is 4.79 Å². The maximum absolute atomic E-state index is 13.2. The summed E-state index contributed by atoms with van der Waals surface area (Å²) in [6.45, 7) is 0.663. The number of carbonyl (C=O) groups is 1. The number of amides is 1. The lowest BCUT2D eigenvalue weighted by atomic mass is 9.73. The van der Waals surface area contributed by atoms with Crippen molar-refractivity contribution in [2.75, 3.05) is 18.5 Å². The molecule has 0 atom stereocenters. The molecule has 1 saturated heterocycles. The van der Waals surface area contributed by atoms with E-state index in [1.165, 1.54) is 22.3 Å². The van der Waals surface area contributed by atoms with Crippen molar-refractivity contribution in [2.24, 2.45) is 0 Å². The molecule has 1 aromatic heterocycles. The summed E-state index contributed by atoms with van der Waals surface area (Å²) in [7, 11) is 0. The van der Waals surface area contributed by atoms with E-state index in [-0.39, 0.29) is 5.91 Å². The van der Waals surface area contributed by atoms with Gasteiger partial charge in [0.05, 0.1) is 16.7 Å². The third-order valence-corrected chi connectivity index (χ3v) is 6.41. The van der Waals surface area contributed by atoms with E-state index in [0.717, 1.165) is 37.1 Å². The zero-order chi connectivity index (χ0) is 19.1. The van der Waals surface area contributed by atoms with Crippen LogP contribution in [0.3, 0.4) is 0 Å². The summed E-state index contributed by atoms with van der Waals surface area (Å²) in [6.07, 6.45) is -0.816. The SMILES string of the molecule is O=C(Nc1nc2c(s1)CCC2)C1(c2cccc(C(F)(F)F)c2)CCOCC1. The summed E-state index contributed by atoms with van der Waals surface area (Å²) >= 11 is 1.46. The second kappa shape index (κ2) is 6.91. The van der Waals surface area contributed by atoms with Crippen molar-refractivity contribution in [2.45, 2.75) is 43.7 Å². The quantitative estimate of drug-likeness (QED) is 0.840. The van der Waals surface area contributed by atoms with Crippen molar-refractivity contribution in [1.82, 2.24) is 4.98 Å². The molecule has 0 bridgehead atoms. The van der Waals surface area contributed by atoms with Crippen molar-refractivity contribution in [3.63, 3.8) is 0 Å². The van der Waals surface area contributed by atoms with Crippen molar-refractivity contribution in [1.29, 1.82) is 0 Å². The average Bonchev–Trinajstić information content (AvgIpc) is 3.23. The Morgan fingerprint density at radius 1 is 1.22 bits per heavy atom. The number of ether oxygens (including phenoxy) is 1. The predicted molar refractivity (Wildman–Crippen MR) is 95.9 cm³/mol. The molecule has 1 aliphatic heterocycles. The van der Waals surface area contributed by atoms with E-state index in [2.05, 4.69) is 10.3 Å². The lowest BCUT2D eigenvalue weighted by molar-refractivity contribution is -0.138. The monoisotopic (exact) mass is 396 g/mol. The molecule has 0 saturated carbocycles. The van der Waals surface area contributed by atoms with E-state index in [0.29, 0.717) is 36.8 Å². The normalized spacial score (nSPS) is 18.9. The van der Waals surface area contributed by atoms with E-state index in [1.54, 1.807) is 6.07 Å². The summed E-state index contributed by atoms with van der Waals surface area (Å²) < 4.78 is 44.9. The number of hydrogen-bond acceptors (Lipinski definition) is 4. The number of alkyl halides is 3. The van der Waals surface area contributed by atoms with Crippen LogP contribution < -0.4 is 5.32 Å². The highest BCUT2D eigenvalue weighted by molar-refractivity contribution is 7.15. The van der Waals surface area contributed by atoms with Crippen molar-refractivity contribution < 1.29 is 22.7 Å². The molecule has 2 aromatic rings. The van der Waals surface area contributed by atoms with Gasteiger partial charge in [0, 0.05) is 18.1 Å². The maximum atomic E-state index is 13.2. The number of aromatic nitrogens is 1. The van der Waals surface area contributed by atoms with Crippen LogP contribution >= 0.6 is 11.3 Å². The number of fused-ring (bicyclic) bond motifs is 1.